The second-order valence-electron chi connectivity index (χ2n) is 6.75. The van der Waals surface area contributed by atoms with Gasteiger partial charge in [0.15, 0.2) is 0 Å². The smallest absolute Gasteiger partial charge is 0.413 e. The van der Waals surface area contributed by atoms with Crippen LogP contribution < -0.4 is 21.3 Å². The molecule has 0 bridgehead atoms. The van der Waals surface area contributed by atoms with Crippen LogP contribution in [0.5, 0.6) is 0 Å². The number of carbonyl (C=O) groups excluding carboxylic acids is 4. The Morgan fingerprint density at radius 1 is 0.886 bits per heavy atom. The summed E-state index contributed by atoms with van der Waals surface area (Å²) in [6.45, 7) is 3.04. The highest BCUT2D eigenvalue weighted by atomic mass is 32.2. The van der Waals surface area contributed by atoms with Crippen molar-refractivity contribution in [3.63, 3.8) is 0 Å². The fraction of sp³-hybridized carbons (Fsp3) is 0.227. The maximum atomic E-state index is 13.1. The number of anilines is 2. The van der Waals surface area contributed by atoms with Crippen LogP contribution in [0.2, 0.25) is 0 Å². The molecule has 0 aliphatic rings. The summed E-state index contributed by atoms with van der Waals surface area (Å²) in [6.07, 6.45) is -1.64. The van der Waals surface area contributed by atoms with Gasteiger partial charge in [-0.2, -0.15) is 0 Å². The summed E-state index contributed by atoms with van der Waals surface area (Å²) in [7, 11) is 0.631. The van der Waals surface area contributed by atoms with Crippen molar-refractivity contribution in [3.8, 4) is 0 Å². The van der Waals surface area contributed by atoms with Crippen LogP contribution in [0, 0.1) is 0 Å². The number of rotatable bonds is 6. The second kappa shape index (κ2) is 12.8. The molecule has 0 fully saturated rings. The summed E-state index contributed by atoms with van der Waals surface area (Å²) in [5.41, 5.74) is 0.896. The first kappa shape index (κ1) is 27.0. The number of guanidine groups is 1. The van der Waals surface area contributed by atoms with Crippen molar-refractivity contribution >= 4 is 57.8 Å². The first-order valence-electron chi connectivity index (χ1n) is 10.2. The van der Waals surface area contributed by atoms with Gasteiger partial charge in [-0.05, 0) is 42.5 Å². The molecule has 0 saturated carbocycles. The summed E-state index contributed by atoms with van der Waals surface area (Å²) >= 11 is 0. The van der Waals surface area contributed by atoms with Crippen LogP contribution in [0.15, 0.2) is 57.2 Å². The zero-order chi connectivity index (χ0) is 26.0. The first-order valence-corrected chi connectivity index (χ1v) is 11.3. The van der Waals surface area contributed by atoms with Gasteiger partial charge in [0, 0.05) is 28.8 Å². The molecule has 2 aromatic carbocycles. The van der Waals surface area contributed by atoms with Crippen molar-refractivity contribution in [1.29, 1.82) is 0 Å². The van der Waals surface area contributed by atoms with Crippen LogP contribution in [-0.4, -0.2) is 48.4 Å². The Morgan fingerprint density at radius 3 is 1.97 bits per heavy atom. The van der Waals surface area contributed by atoms with Crippen molar-refractivity contribution in [2.24, 2.45) is 4.99 Å². The van der Waals surface area contributed by atoms with E-state index in [0.717, 1.165) is 14.2 Å². The molecule has 1 unspecified atom stereocenters. The van der Waals surface area contributed by atoms with Gasteiger partial charge in [-0.1, -0.05) is 6.92 Å². The third-order valence-corrected chi connectivity index (χ3v) is 5.59. The highest BCUT2D eigenvalue weighted by molar-refractivity contribution is 7.85. The molecule has 0 radical (unpaired) electrons. The lowest BCUT2D eigenvalue weighted by molar-refractivity contribution is -0.116. The molecule has 2 aromatic rings. The molecular formula is C22H25N5O7S. The predicted molar refractivity (Wildman–Crippen MR) is 129 cm³/mol. The Morgan fingerprint density at radius 2 is 1.46 bits per heavy atom. The number of ether oxygens (including phenoxy) is 2. The SMILES string of the molecule is CCC(=O)Nc1cc(S(=O)c2ccc(NC(C)=O)cc2)ccc1N=C(NC(=O)OC)NC(=O)OC. The lowest BCUT2D eigenvalue weighted by Crippen LogP contribution is -2.43. The van der Waals surface area contributed by atoms with Gasteiger partial charge in [-0.15, -0.1) is 0 Å². The third kappa shape index (κ3) is 8.23. The second-order valence-corrected chi connectivity index (χ2v) is 8.23. The minimum absolute atomic E-state index is 0.149. The topological polar surface area (TPSA) is 164 Å². The number of nitrogens with one attached hydrogen (secondary N) is 4. The van der Waals surface area contributed by atoms with E-state index >= 15 is 0 Å². The van der Waals surface area contributed by atoms with E-state index in [1.165, 1.54) is 25.1 Å². The zero-order valence-corrected chi connectivity index (χ0v) is 20.3. The largest absolute Gasteiger partial charge is 0.453 e. The predicted octanol–water partition coefficient (Wildman–Crippen LogP) is 2.86. The lowest BCUT2D eigenvalue weighted by Gasteiger charge is -2.13. The summed E-state index contributed by atoms with van der Waals surface area (Å²) in [6, 6.07) is 10.9. The van der Waals surface area contributed by atoms with Gasteiger partial charge >= 0.3 is 12.2 Å². The average molecular weight is 504 g/mol. The molecule has 13 heteroatoms. The summed E-state index contributed by atoms with van der Waals surface area (Å²) in [5, 5.41) is 9.76. The number of amides is 4. The number of aliphatic imine (C=N–C) groups is 1. The monoisotopic (exact) mass is 503 g/mol. The third-order valence-electron chi connectivity index (χ3n) is 4.21. The molecule has 12 nitrogen and oxygen atoms in total. The molecule has 2 rings (SSSR count). The molecular weight excluding hydrogens is 478 g/mol. The van der Waals surface area contributed by atoms with E-state index < -0.39 is 23.0 Å². The van der Waals surface area contributed by atoms with Crippen LogP contribution >= 0.6 is 0 Å². The molecule has 4 N–H and O–H groups in total. The molecule has 0 heterocycles. The molecule has 1 atom stereocenters. The van der Waals surface area contributed by atoms with Crippen molar-refractivity contribution in [2.75, 3.05) is 24.9 Å². The maximum absolute atomic E-state index is 13.1. The van der Waals surface area contributed by atoms with Gasteiger partial charge in [0.2, 0.25) is 17.8 Å². The maximum Gasteiger partial charge on any atom is 0.413 e. The Bertz CT molecular complexity index is 1150. The number of nitrogens with zero attached hydrogens (tertiary/aromatic N) is 1. The minimum Gasteiger partial charge on any atom is -0.453 e. The summed E-state index contributed by atoms with van der Waals surface area (Å²) in [5.74, 6) is -0.889. The first-order chi connectivity index (χ1) is 16.7. The molecule has 4 amide bonds. The standard InChI is InChI=1S/C22H25N5O7S/c1-5-19(29)24-18-12-16(35(32)15-8-6-14(7-9-15)23-13(2)28)10-11-17(18)25-20(26-21(30)33-3)27-22(31)34-4/h6-12H,5H2,1-4H3,(H,23,28)(H,24,29)(H2,25,26,27,30,31). The molecule has 35 heavy (non-hydrogen) atoms. The van der Waals surface area contributed by atoms with Crippen LogP contribution in [0.3, 0.4) is 0 Å². The molecule has 0 spiro atoms. The molecule has 0 saturated heterocycles. The fourth-order valence-corrected chi connectivity index (χ4v) is 3.64. The Labute approximate surface area is 203 Å². The number of hydrogen-bond acceptors (Lipinski definition) is 8. The van der Waals surface area contributed by atoms with Crippen LogP contribution in [-0.2, 0) is 29.9 Å². The zero-order valence-electron chi connectivity index (χ0n) is 19.5. The Kier molecular flexibility index (Phi) is 9.90. The number of benzene rings is 2. The van der Waals surface area contributed by atoms with E-state index in [2.05, 4.69) is 35.7 Å². The Balaban J connectivity index is 2.45. The van der Waals surface area contributed by atoms with E-state index in [1.54, 1.807) is 31.2 Å². The number of methoxy groups -OCH3 is 2. The quantitative estimate of drug-likeness (QED) is 0.348. The highest BCUT2D eigenvalue weighted by Gasteiger charge is 2.15. The number of carbonyl (C=O) groups is 4. The normalized spacial score (nSPS) is 10.9. The number of alkyl carbamates (subject to hydrolysis) is 2. The van der Waals surface area contributed by atoms with Crippen LogP contribution in [0.25, 0.3) is 0 Å². The Hall–Kier alpha value is -4.26. The van der Waals surface area contributed by atoms with Crippen molar-refractivity contribution in [3.05, 3.63) is 42.5 Å². The molecule has 0 aliphatic carbocycles. The van der Waals surface area contributed by atoms with Crippen LogP contribution in [0.1, 0.15) is 20.3 Å². The number of hydrogen-bond donors (Lipinski definition) is 4. The lowest BCUT2D eigenvalue weighted by atomic mass is 10.2. The van der Waals surface area contributed by atoms with Crippen LogP contribution in [0.4, 0.5) is 26.7 Å². The molecule has 0 aliphatic heterocycles. The molecule has 186 valence electrons. The summed E-state index contributed by atoms with van der Waals surface area (Å²) < 4.78 is 22.2. The van der Waals surface area contributed by atoms with Gasteiger partial charge in [0.05, 0.1) is 36.4 Å². The minimum atomic E-state index is -1.63. The van der Waals surface area contributed by atoms with E-state index in [9.17, 15) is 23.4 Å². The van der Waals surface area contributed by atoms with E-state index in [-0.39, 0.29) is 35.6 Å². The van der Waals surface area contributed by atoms with Crippen molar-refractivity contribution < 1.29 is 32.9 Å². The van der Waals surface area contributed by atoms with E-state index in [4.69, 9.17) is 0 Å². The van der Waals surface area contributed by atoms with Crippen molar-refractivity contribution in [1.82, 2.24) is 10.6 Å². The van der Waals surface area contributed by atoms with E-state index in [1.807, 2.05) is 0 Å². The highest BCUT2D eigenvalue weighted by Crippen LogP contribution is 2.30. The van der Waals surface area contributed by atoms with Gasteiger partial charge in [-0.25, -0.2) is 18.8 Å². The van der Waals surface area contributed by atoms with Gasteiger partial charge in [0.1, 0.15) is 0 Å². The average Bonchev–Trinajstić information content (AvgIpc) is 2.84. The molecule has 0 aromatic heterocycles. The fourth-order valence-electron chi connectivity index (χ4n) is 2.57. The van der Waals surface area contributed by atoms with E-state index in [0.29, 0.717) is 15.5 Å². The van der Waals surface area contributed by atoms with Gasteiger partial charge in [-0.3, -0.25) is 20.2 Å². The summed E-state index contributed by atoms with van der Waals surface area (Å²) in [4.78, 5) is 51.5. The van der Waals surface area contributed by atoms with Crippen molar-refractivity contribution in [2.45, 2.75) is 30.1 Å². The van der Waals surface area contributed by atoms with Gasteiger partial charge in [0.25, 0.3) is 0 Å². The van der Waals surface area contributed by atoms with Gasteiger partial charge < -0.3 is 20.1 Å².